The summed E-state index contributed by atoms with van der Waals surface area (Å²) >= 11 is 12.2. The molecule has 1 atom stereocenters. The van der Waals surface area contributed by atoms with Crippen LogP contribution in [0.2, 0.25) is 10.0 Å². The van der Waals surface area contributed by atoms with Crippen molar-refractivity contribution < 1.29 is 0 Å². The fraction of sp³-hybridized carbons (Fsp3) is 0.600. The quantitative estimate of drug-likeness (QED) is 0.885. The van der Waals surface area contributed by atoms with E-state index < -0.39 is 0 Å². The van der Waals surface area contributed by atoms with Gasteiger partial charge in [-0.3, -0.25) is 4.90 Å². The molecule has 4 heteroatoms. The fourth-order valence-electron chi connectivity index (χ4n) is 2.59. The van der Waals surface area contributed by atoms with Gasteiger partial charge in [-0.15, -0.1) is 0 Å². The van der Waals surface area contributed by atoms with Gasteiger partial charge < -0.3 is 5.32 Å². The van der Waals surface area contributed by atoms with Gasteiger partial charge in [-0.2, -0.15) is 0 Å². The summed E-state index contributed by atoms with van der Waals surface area (Å²) in [5.41, 5.74) is 1.07. The van der Waals surface area contributed by atoms with Gasteiger partial charge in [0.2, 0.25) is 0 Å². The average Bonchev–Trinajstić information content (AvgIpc) is 2.44. The molecule has 1 aromatic carbocycles. The molecule has 0 radical (unpaired) electrons. The molecule has 0 aromatic heterocycles. The molecule has 1 unspecified atom stereocenters. The van der Waals surface area contributed by atoms with E-state index in [4.69, 9.17) is 23.2 Å². The first kappa shape index (κ1) is 15.1. The van der Waals surface area contributed by atoms with Gasteiger partial charge in [0, 0.05) is 19.1 Å². The van der Waals surface area contributed by atoms with E-state index in [9.17, 15) is 0 Å². The van der Waals surface area contributed by atoms with Crippen molar-refractivity contribution in [2.24, 2.45) is 0 Å². The second kappa shape index (κ2) is 7.49. The molecule has 1 fully saturated rings. The fourth-order valence-corrected chi connectivity index (χ4v) is 2.98. The van der Waals surface area contributed by atoms with Crippen molar-refractivity contribution in [1.29, 1.82) is 0 Å². The first-order chi connectivity index (χ1) is 9.18. The van der Waals surface area contributed by atoms with Gasteiger partial charge >= 0.3 is 0 Å². The van der Waals surface area contributed by atoms with Crippen molar-refractivity contribution in [3.63, 3.8) is 0 Å². The highest BCUT2D eigenvalue weighted by Gasteiger charge is 2.16. The van der Waals surface area contributed by atoms with Crippen molar-refractivity contribution in [3.8, 4) is 0 Å². The lowest BCUT2D eigenvalue weighted by atomic mass is 10.1. The molecule has 1 N–H and O–H groups in total. The summed E-state index contributed by atoms with van der Waals surface area (Å²) in [5, 5.41) is 4.78. The molecule has 106 valence electrons. The molecule has 0 bridgehead atoms. The van der Waals surface area contributed by atoms with Crippen molar-refractivity contribution in [2.75, 3.05) is 19.6 Å². The molecule has 0 saturated carbocycles. The third-order valence-electron chi connectivity index (χ3n) is 3.80. The Morgan fingerprint density at radius 2 is 1.95 bits per heavy atom. The predicted molar refractivity (Wildman–Crippen MR) is 83.1 cm³/mol. The highest BCUT2D eigenvalue weighted by Crippen LogP contribution is 2.25. The highest BCUT2D eigenvalue weighted by molar-refractivity contribution is 6.42. The zero-order chi connectivity index (χ0) is 13.7. The van der Waals surface area contributed by atoms with Crippen LogP contribution in [0.15, 0.2) is 18.2 Å². The van der Waals surface area contributed by atoms with E-state index in [1.54, 1.807) is 0 Å². The molecule has 1 aromatic rings. The summed E-state index contributed by atoms with van der Waals surface area (Å²) in [5.74, 6) is 0. The van der Waals surface area contributed by atoms with Gasteiger partial charge in [-0.05, 0) is 44.5 Å². The molecule has 1 heterocycles. The van der Waals surface area contributed by atoms with Crippen LogP contribution in [0.3, 0.4) is 0 Å². The highest BCUT2D eigenvalue weighted by atomic mass is 35.5. The minimum Gasteiger partial charge on any atom is -0.311 e. The van der Waals surface area contributed by atoms with Crippen LogP contribution in [0.1, 0.15) is 31.7 Å². The maximum absolute atomic E-state index is 6.17. The number of benzene rings is 1. The van der Waals surface area contributed by atoms with E-state index in [1.165, 1.54) is 32.4 Å². The predicted octanol–water partition coefficient (Wildman–Crippen LogP) is 3.96. The van der Waals surface area contributed by atoms with E-state index in [2.05, 4.69) is 17.1 Å². The Morgan fingerprint density at radius 3 is 2.68 bits per heavy atom. The Labute approximate surface area is 126 Å². The van der Waals surface area contributed by atoms with E-state index in [0.29, 0.717) is 16.1 Å². The standard InChI is InChI=1S/C15H22Cl2N2/c1-12(19-8-3-2-4-9-19)10-18-11-13-6-5-7-14(16)15(13)17/h5-7,12,18H,2-4,8-11H2,1H3. The van der Waals surface area contributed by atoms with E-state index in [-0.39, 0.29) is 0 Å². The topological polar surface area (TPSA) is 15.3 Å². The van der Waals surface area contributed by atoms with Gasteiger partial charge in [-0.25, -0.2) is 0 Å². The Morgan fingerprint density at radius 1 is 1.21 bits per heavy atom. The number of nitrogens with one attached hydrogen (secondary N) is 1. The van der Waals surface area contributed by atoms with Crippen LogP contribution in [0.4, 0.5) is 0 Å². The lowest BCUT2D eigenvalue weighted by Gasteiger charge is -2.32. The van der Waals surface area contributed by atoms with Crippen LogP contribution >= 0.6 is 23.2 Å². The third kappa shape index (κ3) is 4.35. The Kier molecular flexibility index (Phi) is 5.96. The van der Waals surface area contributed by atoms with Crippen molar-refractivity contribution in [3.05, 3.63) is 33.8 Å². The lowest BCUT2D eigenvalue weighted by Crippen LogP contribution is -2.42. The summed E-state index contributed by atoms with van der Waals surface area (Å²) in [4.78, 5) is 2.57. The van der Waals surface area contributed by atoms with Crippen LogP contribution in [-0.4, -0.2) is 30.6 Å². The first-order valence-corrected chi connectivity index (χ1v) is 7.81. The second-order valence-corrected chi connectivity index (χ2v) is 6.07. The number of piperidine rings is 1. The number of hydrogen-bond acceptors (Lipinski definition) is 2. The number of hydrogen-bond donors (Lipinski definition) is 1. The second-order valence-electron chi connectivity index (χ2n) is 5.29. The van der Waals surface area contributed by atoms with Crippen molar-refractivity contribution in [2.45, 2.75) is 38.8 Å². The number of halogens is 2. The number of rotatable bonds is 5. The Balaban J connectivity index is 1.78. The Hall–Kier alpha value is -0.280. The molecule has 2 nitrogen and oxygen atoms in total. The summed E-state index contributed by atoms with van der Waals surface area (Å²) in [6, 6.07) is 6.37. The number of likely N-dealkylation sites (tertiary alicyclic amines) is 1. The summed E-state index contributed by atoms with van der Waals surface area (Å²) in [6.45, 7) is 6.53. The van der Waals surface area contributed by atoms with Gasteiger partial charge in [0.05, 0.1) is 10.0 Å². The summed E-state index contributed by atoms with van der Waals surface area (Å²) < 4.78 is 0. The molecule has 0 spiro atoms. The molecule has 19 heavy (non-hydrogen) atoms. The zero-order valence-corrected chi connectivity index (χ0v) is 13.0. The van der Waals surface area contributed by atoms with Crippen LogP contribution in [0, 0.1) is 0 Å². The molecule has 1 aliphatic heterocycles. The molecule has 1 saturated heterocycles. The molecule has 2 rings (SSSR count). The maximum Gasteiger partial charge on any atom is 0.0637 e. The summed E-state index contributed by atoms with van der Waals surface area (Å²) in [7, 11) is 0. The average molecular weight is 301 g/mol. The third-order valence-corrected chi connectivity index (χ3v) is 4.66. The zero-order valence-electron chi connectivity index (χ0n) is 11.5. The minimum atomic E-state index is 0.582. The van der Waals surface area contributed by atoms with Gasteiger partial charge in [-0.1, -0.05) is 41.8 Å². The van der Waals surface area contributed by atoms with Crippen LogP contribution in [0.25, 0.3) is 0 Å². The maximum atomic E-state index is 6.17. The van der Waals surface area contributed by atoms with Crippen molar-refractivity contribution in [1.82, 2.24) is 10.2 Å². The number of nitrogens with zero attached hydrogens (tertiary/aromatic N) is 1. The van der Waals surface area contributed by atoms with E-state index >= 15 is 0 Å². The SMILES string of the molecule is CC(CNCc1cccc(Cl)c1Cl)N1CCCCC1. The lowest BCUT2D eigenvalue weighted by molar-refractivity contribution is 0.170. The Bertz CT molecular complexity index is 403. The summed E-state index contributed by atoms with van der Waals surface area (Å²) in [6.07, 6.45) is 4.06. The smallest absolute Gasteiger partial charge is 0.0637 e. The molecule has 0 aliphatic carbocycles. The van der Waals surface area contributed by atoms with E-state index in [1.807, 2.05) is 18.2 Å². The van der Waals surface area contributed by atoms with Crippen LogP contribution in [-0.2, 0) is 6.54 Å². The molecule has 0 amide bonds. The van der Waals surface area contributed by atoms with Crippen molar-refractivity contribution >= 4 is 23.2 Å². The van der Waals surface area contributed by atoms with Crippen LogP contribution < -0.4 is 5.32 Å². The van der Waals surface area contributed by atoms with E-state index in [0.717, 1.165) is 18.7 Å². The van der Waals surface area contributed by atoms with Gasteiger partial charge in [0.15, 0.2) is 0 Å². The molecular weight excluding hydrogens is 279 g/mol. The minimum absolute atomic E-state index is 0.582. The monoisotopic (exact) mass is 300 g/mol. The van der Waals surface area contributed by atoms with Crippen LogP contribution in [0.5, 0.6) is 0 Å². The largest absolute Gasteiger partial charge is 0.311 e. The van der Waals surface area contributed by atoms with Gasteiger partial charge in [0.1, 0.15) is 0 Å². The normalized spacial score (nSPS) is 18.5. The molecule has 1 aliphatic rings. The van der Waals surface area contributed by atoms with Gasteiger partial charge in [0.25, 0.3) is 0 Å². The first-order valence-electron chi connectivity index (χ1n) is 7.06. The molecular formula is C15H22Cl2N2.